The Bertz CT molecular complexity index is 869. The molecule has 1 fully saturated rings. The molecular weight excluding hydrogens is 318 g/mol. The van der Waals surface area contributed by atoms with E-state index < -0.39 is 0 Å². The number of ether oxygens (including phenoxy) is 1. The molecule has 1 aromatic carbocycles. The molecular formula is C18H19N5O2. The van der Waals surface area contributed by atoms with Gasteiger partial charge in [-0.15, -0.1) is 0 Å². The fourth-order valence-electron chi connectivity index (χ4n) is 3.02. The predicted molar refractivity (Wildman–Crippen MR) is 89.9 cm³/mol. The van der Waals surface area contributed by atoms with Crippen LogP contribution in [0.3, 0.4) is 0 Å². The minimum Gasteiger partial charge on any atom is -0.458 e. The summed E-state index contributed by atoms with van der Waals surface area (Å²) in [5.41, 5.74) is 2.98. The first-order valence-electron chi connectivity index (χ1n) is 8.26. The first-order chi connectivity index (χ1) is 12.1. The van der Waals surface area contributed by atoms with Crippen molar-refractivity contribution in [3.8, 4) is 5.69 Å². The third-order valence-electron chi connectivity index (χ3n) is 4.58. The van der Waals surface area contributed by atoms with Crippen molar-refractivity contribution in [1.82, 2.24) is 24.5 Å². The molecule has 2 aromatic heterocycles. The van der Waals surface area contributed by atoms with Crippen molar-refractivity contribution in [2.45, 2.75) is 25.4 Å². The van der Waals surface area contributed by atoms with E-state index in [-0.39, 0.29) is 23.9 Å². The fourth-order valence-corrected chi connectivity index (χ4v) is 3.02. The number of carbonyl (C=O) groups excluding carboxylic acids is 1. The van der Waals surface area contributed by atoms with Crippen LogP contribution in [0.5, 0.6) is 0 Å². The average Bonchev–Trinajstić information content (AvgIpc) is 3.02. The Morgan fingerprint density at radius 2 is 2.08 bits per heavy atom. The molecule has 0 amide bonds. The molecule has 3 atom stereocenters. The Morgan fingerprint density at radius 1 is 1.28 bits per heavy atom. The van der Waals surface area contributed by atoms with Gasteiger partial charge in [-0.2, -0.15) is 10.2 Å². The molecule has 0 bridgehead atoms. The SMILES string of the molecule is C[C@H](OC(=O)[C@H]1C[C@@H]1c1cnn(C)c1)c1ccc(-n2cncn2)cc1. The van der Waals surface area contributed by atoms with Crippen molar-refractivity contribution in [3.63, 3.8) is 0 Å². The molecule has 0 saturated heterocycles. The molecule has 0 spiro atoms. The van der Waals surface area contributed by atoms with Crippen molar-refractivity contribution in [2.75, 3.05) is 0 Å². The van der Waals surface area contributed by atoms with Gasteiger partial charge in [-0.05, 0) is 36.6 Å². The van der Waals surface area contributed by atoms with Crippen molar-refractivity contribution in [2.24, 2.45) is 13.0 Å². The molecule has 1 aliphatic rings. The normalized spacial score (nSPS) is 20.2. The van der Waals surface area contributed by atoms with Crippen LogP contribution in [-0.2, 0) is 16.6 Å². The number of carbonyl (C=O) groups is 1. The monoisotopic (exact) mass is 337 g/mol. The van der Waals surface area contributed by atoms with E-state index >= 15 is 0 Å². The Kier molecular flexibility index (Phi) is 3.83. The van der Waals surface area contributed by atoms with Crippen LogP contribution >= 0.6 is 0 Å². The van der Waals surface area contributed by atoms with Crippen LogP contribution in [0.2, 0.25) is 0 Å². The number of nitrogens with zero attached hydrogens (tertiary/aromatic N) is 5. The molecule has 4 rings (SSSR count). The van der Waals surface area contributed by atoms with Gasteiger partial charge in [0.1, 0.15) is 18.8 Å². The van der Waals surface area contributed by atoms with Crippen LogP contribution < -0.4 is 0 Å². The van der Waals surface area contributed by atoms with E-state index in [1.54, 1.807) is 15.7 Å². The molecule has 128 valence electrons. The quantitative estimate of drug-likeness (QED) is 0.668. The highest BCUT2D eigenvalue weighted by molar-refractivity contribution is 5.77. The molecule has 0 radical (unpaired) electrons. The molecule has 7 nitrogen and oxygen atoms in total. The first-order valence-corrected chi connectivity index (χ1v) is 8.26. The highest BCUT2D eigenvalue weighted by atomic mass is 16.5. The molecule has 3 aromatic rings. The zero-order valence-corrected chi connectivity index (χ0v) is 14.1. The summed E-state index contributed by atoms with van der Waals surface area (Å²) in [4.78, 5) is 16.3. The molecule has 0 N–H and O–H groups in total. The third kappa shape index (κ3) is 3.17. The molecule has 25 heavy (non-hydrogen) atoms. The van der Waals surface area contributed by atoms with Gasteiger partial charge in [-0.1, -0.05) is 12.1 Å². The molecule has 0 unspecified atom stereocenters. The van der Waals surface area contributed by atoms with Gasteiger partial charge in [0.25, 0.3) is 0 Å². The van der Waals surface area contributed by atoms with E-state index in [9.17, 15) is 4.79 Å². The highest BCUT2D eigenvalue weighted by Crippen LogP contribution is 2.48. The topological polar surface area (TPSA) is 74.8 Å². The number of esters is 1. The van der Waals surface area contributed by atoms with Crippen molar-refractivity contribution >= 4 is 5.97 Å². The van der Waals surface area contributed by atoms with Crippen LogP contribution in [-0.4, -0.2) is 30.5 Å². The predicted octanol–water partition coefficient (Wildman–Crippen LogP) is 2.41. The summed E-state index contributed by atoms with van der Waals surface area (Å²) in [7, 11) is 1.88. The van der Waals surface area contributed by atoms with E-state index in [1.165, 1.54) is 6.33 Å². The molecule has 1 saturated carbocycles. The molecule has 7 heteroatoms. The average molecular weight is 337 g/mol. The standard InChI is InChI=1S/C18H19N5O2/c1-12(13-3-5-15(6-4-13)23-11-19-10-21-23)25-18(24)17-7-16(17)14-8-20-22(2)9-14/h3-6,8-12,16-17H,7H2,1-2H3/t12-,16+,17-/m0/s1. The smallest absolute Gasteiger partial charge is 0.310 e. The summed E-state index contributed by atoms with van der Waals surface area (Å²) in [6, 6.07) is 7.76. The second-order valence-corrected chi connectivity index (χ2v) is 6.41. The number of benzene rings is 1. The number of hydrogen-bond acceptors (Lipinski definition) is 5. The first kappa shape index (κ1) is 15.6. The summed E-state index contributed by atoms with van der Waals surface area (Å²) in [5, 5.41) is 8.26. The van der Waals surface area contributed by atoms with Gasteiger partial charge in [0.2, 0.25) is 0 Å². The van der Waals surface area contributed by atoms with Gasteiger partial charge in [0, 0.05) is 19.2 Å². The summed E-state index contributed by atoms with van der Waals surface area (Å²) in [6.07, 6.45) is 7.47. The lowest BCUT2D eigenvalue weighted by Gasteiger charge is -2.14. The van der Waals surface area contributed by atoms with E-state index in [1.807, 2.05) is 50.6 Å². The van der Waals surface area contributed by atoms with Gasteiger partial charge in [0.15, 0.2) is 0 Å². The van der Waals surface area contributed by atoms with Crippen LogP contribution in [0.25, 0.3) is 5.69 Å². The van der Waals surface area contributed by atoms with Gasteiger partial charge in [-0.3, -0.25) is 9.48 Å². The van der Waals surface area contributed by atoms with Gasteiger partial charge < -0.3 is 4.74 Å². The number of aryl methyl sites for hydroxylation is 1. The third-order valence-corrected chi connectivity index (χ3v) is 4.58. The number of rotatable bonds is 5. The molecule has 2 heterocycles. The maximum absolute atomic E-state index is 12.4. The summed E-state index contributed by atoms with van der Waals surface area (Å²) in [5.74, 6) is 0.0471. The molecule has 0 aliphatic heterocycles. The minimum absolute atomic E-state index is 0.0546. The van der Waals surface area contributed by atoms with Gasteiger partial charge >= 0.3 is 5.97 Å². The van der Waals surface area contributed by atoms with E-state index in [4.69, 9.17) is 4.74 Å². The largest absolute Gasteiger partial charge is 0.458 e. The van der Waals surface area contributed by atoms with E-state index in [0.29, 0.717) is 0 Å². The van der Waals surface area contributed by atoms with Gasteiger partial charge in [0.05, 0.1) is 17.8 Å². The Labute approximate surface area is 145 Å². The van der Waals surface area contributed by atoms with Crippen molar-refractivity contribution in [3.05, 3.63) is 60.4 Å². The highest BCUT2D eigenvalue weighted by Gasteiger charge is 2.46. The minimum atomic E-state index is -0.285. The number of hydrogen-bond donors (Lipinski definition) is 0. The Hall–Kier alpha value is -2.96. The van der Waals surface area contributed by atoms with E-state index in [2.05, 4.69) is 15.2 Å². The zero-order valence-electron chi connectivity index (χ0n) is 14.1. The van der Waals surface area contributed by atoms with Gasteiger partial charge in [-0.25, -0.2) is 9.67 Å². The van der Waals surface area contributed by atoms with Crippen LogP contribution in [0, 0.1) is 5.92 Å². The summed E-state index contributed by atoms with van der Waals surface area (Å²) < 4.78 is 9.09. The summed E-state index contributed by atoms with van der Waals surface area (Å²) >= 11 is 0. The molecule has 1 aliphatic carbocycles. The maximum Gasteiger partial charge on any atom is 0.310 e. The number of aromatic nitrogens is 5. The maximum atomic E-state index is 12.4. The van der Waals surface area contributed by atoms with Crippen molar-refractivity contribution < 1.29 is 9.53 Å². The second-order valence-electron chi connectivity index (χ2n) is 6.41. The lowest BCUT2D eigenvalue weighted by atomic mass is 10.1. The van der Waals surface area contributed by atoms with Crippen LogP contribution in [0.15, 0.2) is 49.3 Å². The van der Waals surface area contributed by atoms with Crippen LogP contribution in [0.1, 0.15) is 36.5 Å². The second kappa shape index (κ2) is 6.16. The van der Waals surface area contributed by atoms with E-state index in [0.717, 1.165) is 23.2 Å². The van der Waals surface area contributed by atoms with Crippen LogP contribution in [0.4, 0.5) is 0 Å². The van der Waals surface area contributed by atoms with Crippen molar-refractivity contribution in [1.29, 1.82) is 0 Å². The lowest BCUT2D eigenvalue weighted by Crippen LogP contribution is -2.11. The Balaban J connectivity index is 1.37. The fraction of sp³-hybridized carbons (Fsp3) is 0.333. The Morgan fingerprint density at radius 3 is 2.72 bits per heavy atom. The summed E-state index contributed by atoms with van der Waals surface area (Å²) in [6.45, 7) is 1.89. The lowest BCUT2D eigenvalue weighted by molar-refractivity contribution is -0.150. The zero-order chi connectivity index (χ0) is 17.4.